The molecule has 0 saturated carbocycles. The number of hydrogen-bond acceptors (Lipinski definition) is 4. The number of anilines is 1. The largest absolute Gasteiger partial charge is 0.351 e. The number of thiazole rings is 1. The molecule has 0 bridgehead atoms. The molecule has 0 atom stereocenters. The van der Waals surface area contributed by atoms with Gasteiger partial charge in [-0.25, -0.2) is 9.78 Å². The maximum absolute atomic E-state index is 10.8. The third kappa shape index (κ3) is 1.93. The molecule has 5 nitrogen and oxygen atoms in total. The molecule has 0 unspecified atom stereocenters. The third-order valence-electron chi connectivity index (χ3n) is 1.27. The SMILES string of the molecule is NCCN(C(N)=O)c1nccs1. The van der Waals surface area contributed by atoms with Crippen molar-refractivity contribution in [3.63, 3.8) is 0 Å². The van der Waals surface area contributed by atoms with Crippen LogP contribution in [0.3, 0.4) is 0 Å². The maximum Gasteiger partial charge on any atom is 0.321 e. The minimum Gasteiger partial charge on any atom is -0.351 e. The van der Waals surface area contributed by atoms with Crippen LogP contribution in [0.2, 0.25) is 0 Å². The van der Waals surface area contributed by atoms with Gasteiger partial charge in [-0.15, -0.1) is 11.3 Å². The standard InChI is InChI=1S/C6H10N4OS/c7-1-3-10(5(8)11)6-9-2-4-12-6/h2,4H,1,3,7H2,(H2,8,11). The Morgan fingerprint density at radius 2 is 2.50 bits per heavy atom. The highest BCUT2D eigenvalue weighted by Gasteiger charge is 2.12. The van der Waals surface area contributed by atoms with E-state index in [9.17, 15) is 4.79 Å². The van der Waals surface area contributed by atoms with Crippen molar-refractivity contribution in [2.75, 3.05) is 18.0 Å². The lowest BCUT2D eigenvalue weighted by Gasteiger charge is -2.15. The lowest BCUT2D eigenvalue weighted by atomic mass is 10.6. The fourth-order valence-electron chi connectivity index (χ4n) is 0.778. The van der Waals surface area contributed by atoms with E-state index in [0.29, 0.717) is 18.2 Å². The van der Waals surface area contributed by atoms with Crippen molar-refractivity contribution >= 4 is 22.5 Å². The highest BCUT2D eigenvalue weighted by Crippen LogP contribution is 2.15. The normalized spacial score (nSPS) is 9.75. The first-order chi connectivity index (χ1) is 5.75. The molecule has 0 fully saturated rings. The van der Waals surface area contributed by atoms with E-state index >= 15 is 0 Å². The minimum atomic E-state index is -0.518. The number of nitrogens with two attached hydrogens (primary N) is 2. The van der Waals surface area contributed by atoms with Crippen LogP contribution < -0.4 is 16.4 Å². The van der Waals surface area contributed by atoms with E-state index in [-0.39, 0.29) is 0 Å². The zero-order valence-corrected chi connectivity index (χ0v) is 7.25. The van der Waals surface area contributed by atoms with Crippen LogP contribution in [0.4, 0.5) is 9.93 Å². The van der Waals surface area contributed by atoms with E-state index in [1.54, 1.807) is 11.6 Å². The summed E-state index contributed by atoms with van der Waals surface area (Å²) in [5.41, 5.74) is 10.4. The van der Waals surface area contributed by atoms with Gasteiger partial charge in [0.2, 0.25) is 0 Å². The second-order valence-corrected chi connectivity index (χ2v) is 2.97. The Labute approximate surface area is 74.0 Å². The van der Waals surface area contributed by atoms with Gasteiger partial charge in [-0.3, -0.25) is 4.90 Å². The van der Waals surface area contributed by atoms with Crippen LogP contribution in [0.15, 0.2) is 11.6 Å². The Morgan fingerprint density at radius 3 is 2.92 bits per heavy atom. The Bertz CT molecular complexity index is 248. The summed E-state index contributed by atoms with van der Waals surface area (Å²) in [6.45, 7) is 0.783. The van der Waals surface area contributed by atoms with Gasteiger partial charge in [0.1, 0.15) is 0 Å². The molecular formula is C6H10N4OS. The molecule has 4 N–H and O–H groups in total. The van der Waals surface area contributed by atoms with E-state index in [0.717, 1.165) is 0 Å². The van der Waals surface area contributed by atoms with Crippen molar-refractivity contribution in [1.82, 2.24) is 4.98 Å². The summed E-state index contributed by atoms with van der Waals surface area (Å²) < 4.78 is 0. The summed E-state index contributed by atoms with van der Waals surface area (Å²) in [7, 11) is 0. The summed E-state index contributed by atoms with van der Waals surface area (Å²) >= 11 is 1.36. The number of carbonyl (C=O) groups excluding carboxylic acids is 1. The van der Waals surface area contributed by atoms with Crippen LogP contribution in [0, 0.1) is 0 Å². The van der Waals surface area contributed by atoms with Gasteiger partial charge in [-0.1, -0.05) is 0 Å². The number of urea groups is 1. The smallest absolute Gasteiger partial charge is 0.321 e. The fourth-order valence-corrected chi connectivity index (χ4v) is 1.45. The average Bonchev–Trinajstić information content (AvgIpc) is 2.51. The van der Waals surface area contributed by atoms with Crippen molar-refractivity contribution in [3.05, 3.63) is 11.6 Å². The van der Waals surface area contributed by atoms with Crippen LogP contribution in [0.5, 0.6) is 0 Å². The van der Waals surface area contributed by atoms with E-state index in [1.807, 2.05) is 0 Å². The Kier molecular flexibility index (Phi) is 3.01. The lowest BCUT2D eigenvalue weighted by molar-refractivity contribution is 0.254. The molecule has 0 spiro atoms. The van der Waals surface area contributed by atoms with Crippen molar-refractivity contribution in [3.8, 4) is 0 Å². The molecule has 2 amide bonds. The molecule has 1 aromatic rings. The first-order valence-corrected chi connectivity index (χ1v) is 4.30. The van der Waals surface area contributed by atoms with Crippen molar-refractivity contribution in [1.29, 1.82) is 0 Å². The first kappa shape index (κ1) is 8.95. The van der Waals surface area contributed by atoms with Crippen molar-refractivity contribution < 1.29 is 4.79 Å². The van der Waals surface area contributed by atoms with Crippen LogP contribution in [0.25, 0.3) is 0 Å². The topological polar surface area (TPSA) is 85.2 Å². The van der Waals surface area contributed by atoms with Crippen LogP contribution in [-0.4, -0.2) is 24.1 Å². The molecule has 0 aromatic carbocycles. The van der Waals surface area contributed by atoms with Gasteiger partial charge in [-0.2, -0.15) is 0 Å². The minimum absolute atomic E-state index is 0.377. The summed E-state index contributed by atoms with van der Waals surface area (Å²) in [6, 6.07) is -0.518. The van der Waals surface area contributed by atoms with E-state index < -0.39 is 6.03 Å². The number of primary amides is 1. The number of hydrogen-bond donors (Lipinski definition) is 2. The zero-order valence-electron chi connectivity index (χ0n) is 6.43. The predicted octanol–water partition coefficient (Wildman–Crippen LogP) is -0.0131. The monoisotopic (exact) mass is 186 g/mol. The van der Waals surface area contributed by atoms with Gasteiger partial charge in [0, 0.05) is 24.7 Å². The maximum atomic E-state index is 10.8. The van der Waals surface area contributed by atoms with Gasteiger partial charge < -0.3 is 11.5 Å². The summed E-state index contributed by atoms with van der Waals surface area (Å²) in [5.74, 6) is 0. The van der Waals surface area contributed by atoms with E-state index in [1.165, 1.54) is 16.2 Å². The number of carbonyl (C=O) groups is 1. The number of amides is 2. The third-order valence-corrected chi connectivity index (χ3v) is 2.06. The first-order valence-electron chi connectivity index (χ1n) is 3.42. The van der Waals surface area contributed by atoms with Gasteiger partial charge in [0.15, 0.2) is 5.13 Å². The Hall–Kier alpha value is -1.14. The van der Waals surface area contributed by atoms with Crippen LogP contribution in [-0.2, 0) is 0 Å². The molecule has 0 radical (unpaired) electrons. The highest BCUT2D eigenvalue weighted by molar-refractivity contribution is 7.13. The van der Waals surface area contributed by atoms with Crippen LogP contribution >= 0.6 is 11.3 Å². The van der Waals surface area contributed by atoms with Crippen LogP contribution in [0.1, 0.15) is 0 Å². The van der Waals surface area contributed by atoms with E-state index in [2.05, 4.69) is 4.98 Å². The molecule has 6 heteroatoms. The molecule has 0 aliphatic heterocycles. The van der Waals surface area contributed by atoms with Gasteiger partial charge >= 0.3 is 6.03 Å². The Balaban J connectivity index is 2.73. The number of nitrogens with zero attached hydrogens (tertiary/aromatic N) is 2. The summed E-state index contributed by atoms with van der Waals surface area (Å²) in [6.07, 6.45) is 1.62. The molecule has 0 aliphatic carbocycles. The van der Waals surface area contributed by atoms with Crippen molar-refractivity contribution in [2.24, 2.45) is 11.5 Å². The zero-order chi connectivity index (χ0) is 8.97. The predicted molar refractivity (Wildman–Crippen MR) is 48.1 cm³/mol. The second kappa shape index (κ2) is 4.03. The van der Waals surface area contributed by atoms with Gasteiger partial charge in [-0.05, 0) is 0 Å². The second-order valence-electron chi connectivity index (χ2n) is 2.09. The quantitative estimate of drug-likeness (QED) is 0.696. The Morgan fingerprint density at radius 1 is 1.75 bits per heavy atom. The number of rotatable bonds is 3. The molecule has 0 saturated heterocycles. The van der Waals surface area contributed by atoms with Gasteiger partial charge in [0.25, 0.3) is 0 Å². The lowest BCUT2D eigenvalue weighted by Crippen LogP contribution is -2.39. The molecule has 1 rings (SSSR count). The highest BCUT2D eigenvalue weighted by atomic mass is 32.1. The molecular weight excluding hydrogens is 176 g/mol. The molecule has 0 aliphatic rings. The van der Waals surface area contributed by atoms with E-state index in [4.69, 9.17) is 11.5 Å². The number of aromatic nitrogens is 1. The average molecular weight is 186 g/mol. The van der Waals surface area contributed by atoms with Gasteiger partial charge in [0.05, 0.1) is 0 Å². The molecule has 1 heterocycles. The summed E-state index contributed by atoms with van der Waals surface area (Å²) in [4.78, 5) is 16.1. The molecule has 66 valence electrons. The fraction of sp³-hybridized carbons (Fsp3) is 0.333. The molecule has 12 heavy (non-hydrogen) atoms. The van der Waals surface area contributed by atoms with Crippen molar-refractivity contribution in [2.45, 2.75) is 0 Å². The summed E-state index contributed by atoms with van der Waals surface area (Å²) in [5, 5.41) is 2.37. The molecule has 1 aromatic heterocycles.